The molecule has 0 heterocycles. The van der Waals surface area contributed by atoms with E-state index in [-0.39, 0.29) is 12.4 Å². The second-order valence-corrected chi connectivity index (χ2v) is 4.61. The first-order chi connectivity index (χ1) is 7.77. The molecule has 0 N–H and O–H groups in total. The van der Waals surface area contributed by atoms with Gasteiger partial charge in [-0.25, -0.2) is 0 Å². The van der Waals surface area contributed by atoms with E-state index in [0.29, 0.717) is 0 Å². The molecule has 0 saturated carbocycles. The van der Waals surface area contributed by atoms with Crippen molar-refractivity contribution in [3.63, 3.8) is 0 Å². The quantitative estimate of drug-likeness (QED) is 0.664. The molecule has 0 fully saturated rings. The summed E-state index contributed by atoms with van der Waals surface area (Å²) >= 11 is 6.03. The summed E-state index contributed by atoms with van der Waals surface area (Å²) in [6.07, 6.45) is 4.97. The van der Waals surface area contributed by atoms with Gasteiger partial charge >= 0.3 is 0 Å². The van der Waals surface area contributed by atoms with E-state index < -0.39 is 0 Å². The Morgan fingerprint density at radius 1 is 1.06 bits per heavy atom. The summed E-state index contributed by atoms with van der Waals surface area (Å²) in [5.41, 5.74) is 1.26. The third-order valence-electron chi connectivity index (χ3n) is 2.74. The van der Waals surface area contributed by atoms with Gasteiger partial charge in [-0.15, -0.1) is 12.4 Å². The lowest BCUT2D eigenvalue weighted by Crippen LogP contribution is -2.25. The maximum absolute atomic E-state index is 6.03. The molecule has 0 amide bonds. The van der Waals surface area contributed by atoms with Gasteiger partial charge in [0.25, 0.3) is 0 Å². The smallest absolute Gasteiger partial charge is 0.0426 e. The number of halogens is 2. The van der Waals surface area contributed by atoms with Crippen molar-refractivity contribution in [2.75, 3.05) is 18.0 Å². The van der Waals surface area contributed by atoms with Crippen LogP contribution in [0.5, 0.6) is 0 Å². The monoisotopic (exact) mass is 275 g/mol. The molecular formula is C14H23Cl2N. The van der Waals surface area contributed by atoms with E-state index in [0.717, 1.165) is 18.1 Å². The van der Waals surface area contributed by atoms with E-state index >= 15 is 0 Å². The third kappa shape index (κ3) is 6.18. The second-order valence-electron chi connectivity index (χ2n) is 4.17. The predicted octanol–water partition coefficient (Wildman–Crippen LogP) is 5.17. The summed E-state index contributed by atoms with van der Waals surface area (Å²) in [6, 6.07) is 8.18. The Balaban J connectivity index is 0.00000256. The van der Waals surface area contributed by atoms with Gasteiger partial charge in [-0.2, -0.15) is 0 Å². The minimum Gasteiger partial charge on any atom is -0.371 e. The fourth-order valence-corrected chi connectivity index (χ4v) is 1.93. The van der Waals surface area contributed by atoms with Crippen LogP contribution in [0.25, 0.3) is 0 Å². The van der Waals surface area contributed by atoms with E-state index in [9.17, 15) is 0 Å². The average Bonchev–Trinajstić information content (AvgIpc) is 2.29. The van der Waals surface area contributed by atoms with Gasteiger partial charge in [-0.05, 0) is 31.0 Å². The van der Waals surface area contributed by atoms with E-state index in [1.165, 1.54) is 31.4 Å². The fourth-order valence-electron chi connectivity index (χ4n) is 1.74. The zero-order valence-corrected chi connectivity index (χ0v) is 12.4. The van der Waals surface area contributed by atoms with Crippen molar-refractivity contribution in [3.05, 3.63) is 29.3 Å². The van der Waals surface area contributed by atoms with Gasteiger partial charge in [0.1, 0.15) is 0 Å². The minimum absolute atomic E-state index is 0. The molecule has 1 rings (SSSR count). The molecule has 1 aromatic carbocycles. The van der Waals surface area contributed by atoms with Crippen LogP contribution in [0.3, 0.4) is 0 Å². The van der Waals surface area contributed by atoms with E-state index in [1.54, 1.807) is 0 Å². The Labute approximate surface area is 117 Å². The topological polar surface area (TPSA) is 3.24 Å². The van der Waals surface area contributed by atoms with Gasteiger partial charge in [0.05, 0.1) is 0 Å². The lowest BCUT2D eigenvalue weighted by molar-refractivity contribution is 0.678. The number of benzene rings is 1. The Morgan fingerprint density at radius 3 is 2.12 bits per heavy atom. The molecule has 0 aromatic heterocycles. The van der Waals surface area contributed by atoms with Crippen LogP contribution in [-0.4, -0.2) is 13.1 Å². The van der Waals surface area contributed by atoms with Gasteiger partial charge in [-0.1, -0.05) is 44.4 Å². The van der Waals surface area contributed by atoms with Crippen LogP contribution in [0.1, 0.15) is 39.5 Å². The molecule has 0 aliphatic rings. The van der Waals surface area contributed by atoms with Crippen molar-refractivity contribution in [1.82, 2.24) is 0 Å². The van der Waals surface area contributed by atoms with Crippen molar-refractivity contribution < 1.29 is 0 Å². The molecule has 98 valence electrons. The summed E-state index contributed by atoms with van der Waals surface area (Å²) in [7, 11) is 0. The van der Waals surface area contributed by atoms with E-state index in [4.69, 9.17) is 11.6 Å². The summed E-state index contributed by atoms with van der Waals surface area (Å²) < 4.78 is 0. The van der Waals surface area contributed by atoms with Crippen molar-refractivity contribution >= 4 is 29.7 Å². The van der Waals surface area contributed by atoms with E-state index in [2.05, 4.69) is 30.9 Å². The molecule has 0 saturated heterocycles. The van der Waals surface area contributed by atoms with Gasteiger partial charge in [0.15, 0.2) is 0 Å². The third-order valence-corrected chi connectivity index (χ3v) is 2.97. The number of anilines is 1. The normalized spacial score (nSPS) is 9.82. The van der Waals surface area contributed by atoms with Gasteiger partial charge < -0.3 is 4.90 Å². The molecule has 17 heavy (non-hydrogen) atoms. The largest absolute Gasteiger partial charge is 0.371 e. The summed E-state index contributed by atoms with van der Waals surface area (Å²) in [5, 5.41) is 0.829. The maximum Gasteiger partial charge on any atom is 0.0426 e. The van der Waals surface area contributed by atoms with Crippen LogP contribution < -0.4 is 4.90 Å². The Kier molecular flexibility index (Phi) is 9.39. The maximum atomic E-state index is 6.03. The van der Waals surface area contributed by atoms with Crippen LogP contribution >= 0.6 is 24.0 Å². The molecular weight excluding hydrogens is 253 g/mol. The molecule has 1 aromatic rings. The van der Waals surface area contributed by atoms with Crippen LogP contribution in [0.4, 0.5) is 5.69 Å². The molecule has 0 aliphatic heterocycles. The van der Waals surface area contributed by atoms with Crippen molar-refractivity contribution in [3.8, 4) is 0 Å². The standard InChI is InChI=1S/C14H22ClN.ClH/c1-3-5-10-16(11-6-4-2)14-9-7-8-13(15)12-14;/h7-9,12H,3-6,10-11H2,1-2H3;1H. The number of nitrogens with zero attached hydrogens (tertiary/aromatic N) is 1. The van der Waals surface area contributed by atoms with Crippen LogP contribution in [0.2, 0.25) is 5.02 Å². The Morgan fingerprint density at radius 2 is 1.65 bits per heavy atom. The van der Waals surface area contributed by atoms with Crippen LogP contribution in [-0.2, 0) is 0 Å². The predicted molar refractivity (Wildman–Crippen MR) is 80.7 cm³/mol. The highest BCUT2D eigenvalue weighted by atomic mass is 35.5. The Bertz CT molecular complexity index is 294. The summed E-state index contributed by atoms with van der Waals surface area (Å²) in [5.74, 6) is 0. The molecule has 1 nitrogen and oxygen atoms in total. The van der Waals surface area contributed by atoms with E-state index in [1.807, 2.05) is 12.1 Å². The summed E-state index contributed by atoms with van der Waals surface area (Å²) in [4.78, 5) is 2.44. The zero-order chi connectivity index (χ0) is 11.8. The molecule has 0 unspecified atom stereocenters. The second kappa shape index (κ2) is 9.61. The lowest BCUT2D eigenvalue weighted by Gasteiger charge is -2.24. The summed E-state index contributed by atoms with van der Waals surface area (Å²) in [6.45, 7) is 6.74. The first-order valence-electron chi connectivity index (χ1n) is 6.28. The number of hydrogen-bond donors (Lipinski definition) is 0. The van der Waals surface area contributed by atoms with Crippen molar-refractivity contribution in [2.24, 2.45) is 0 Å². The highest BCUT2D eigenvalue weighted by molar-refractivity contribution is 6.30. The average molecular weight is 276 g/mol. The fraction of sp³-hybridized carbons (Fsp3) is 0.571. The molecule has 0 radical (unpaired) electrons. The van der Waals surface area contributed by atoms with Gasteiger partial charge in [0, 0.05) is 23.8 Å². The number of rotatable bonds is 7. The minimum atomic E-state index is 0. The molecule has 0 spiro atoms. The number of unbranched alkanes of at least 4 members (excludes halogenated alkanes) is 2. The Hall–Kier alpha value is -0.400. The highest BCUT2D eigenvalue weighted by Crippen LogP contribution is 2.20. The molecule has 0 aliphatic carbocycles. The van der Waals surface area contributed by atoms with Gasteiger partial charge in [-0.3, -0.25) is 0 Å². The van der Waals surface area contributed by atoms with Crippen molar-refractivity contribution in [2.45, 2.75) is 39.5 Å². The molecule has 3 heteroatoms. The van der Waals surface area contributed by atoms with Gasteiger partial charge in [0.2, 0.25) is 0 Å². The van der Waals surface area contributed by atoms with Crippen LogP contribution in [0.15, 0.2) is 24.3 Å². The lowest BCUT2D eigenvalue weighted by atomic mass is 10.2. The van der Waals surface area contributed by atoms with Crippen LogP contribution in [0, 0.1) is 0 Å². The first kappa shape index (κ1) is 16.6. The van der Waals surface area contributed by atoms with Crippen molar-refractivity contribution in [1.29, 1.82) is 0 Å². The first-order valence-corrected chi connectivity index (χ1v) is 6.66. The number of hydrogen-bond acceptors (Lipinski definition) is 1. The molecule has 0 bridgehead atoms. The highest BCUT2D eigenvalue weighted by Gasteiger charge is 2.05. The zero-order valence-electron chi connectivity index (χ0n) is 10.8. The molecule has 0 atom stereocenters. The SMILES string of the molecule is CCCCN(CCCC)c1cccc(Cl)c1.Cl.